The summed E-state index contributed by atoms with van der Waals surface area (Å²) in [4.78, 5) is 15.0. The summed E-state index contributed by atoms with van der Waals surface area (Å²) < 4.78 is 16.3. The molecule has 2 aromatic rings. The Balaban J connectivity index is 1.82. The number of hydrogen-bond donors (Lipinski definition) is 1. The Bertz CT molecular complexity index is 600. The first-order valence-electron chi connectivity index (χ1n) is 6.10. The highest BCUT2D eigenvalue weighted by atomic mass is 16.6. The molecule has 1 saturated heterocycles. The zero-order valence-electron chi connectivity index (χ0n) is 10.2. The second kappa shape index (κ2) is 4.89. The van der Waals surface area contributed by atoms with Gasteiger partial charge >= 0.3 is 12.0 Å². The smallest absolute Gasteiger partial charge is 0.394 e. The predicted molar refractivity (Wildman–Crippen MR) is 65.4 cm³/mol. The van der Waals surface area contributed by atoms with Gasteiger partial charge in [-0.15, -0.1) is 0 Å². The number of aromatic carboxylic acids is 1. The minimum Gasteiger partial charge on any atom is -0.478 e. The fourth-order valence-corrected chi connectivity index (χ4v) is 2.02. The lowest BCUT2D eigenvalue weighted by Crippen LogP contribution is -2.25. The van der Waals surface area contributed by atoms with E-state index in [-0.39, 0.29) is 17.7 Å². The van der Waals surface area contributed by atoms with Gasteiger partial charge in [0.2, 0.25) is 0 Å². The van der Waals surface area contributed by atoms with E-state index < -0.39 is 5.97 Å². The molecule has 19 heavy (non-hydrogen) atoms. The molecule has 1 aromatic heterocycles. The molecule has 1 aliphatic rings. The number of aromatic nitrogens is 1. The summed E-state index contributed by atoms with van der Waals surface area (Å²) in [5, 5.41) is 8.90. The van der Waals surface area contributed by atoms with E-state index >= 15 is 0 Å². The molecule has 2 heterocycles. The van der Waals surface area contributed by atoms with Crippen LogP contribution in [0.1, 0.15) is 23.2 Å². The number of carboxylic acid groups (broad SMARTS) is 1. The molecule has 100 valence electrons. The summed E-state index contributed by atoms with van der Waals surface area (Å²) in [6.07, 6.45) is 1.84. The zero-order chi connectivity index (χ0) is 13.2. The van der Waals surface area contributed by atoms with E-state index in [2.05, 4.69) is 4.98 Å². The second-order valence-corrected chi connectivity index (χ2v) is 4.40. The van der Waals surface area contributed by atoms with Crippen molar-refractivity contribution in [3.05, 3.63) is 23.8 Å². The van der Waals surface area contributed by atoms with Gasteiger partial charge in [-0.3, -0.25) is 0 Å². The number of oxazole rings is 1. The number of fused-ring (bicyclic) bond motifs is 1. The molecule has 1 aliphatic heterocycles. The second-order valence-electron chi connectivity index (χ2n) is 4.40. The minimum absolute atomic E-state index is 0.0424. The number of nitrogens with zero attached hydrogens (tertiary/aromatic N) is 1. The summed E-state index contributed by atoms with van der Waals surface area (Å²) in [5.41, 5.74) is 1.18. The van der Waals surface area contributed by atoms with Gasteiger partial charge in [-0.05, 0) is 18.2 Å². The molecule has 6 heteroatoms. The fraction of sp³-hybridized carbons (Fsp3) is 0.385. The van der Waals surface area contributed by atoms with Crippen LogP contribution in [-0.2, 0) is 4.74 Å². The van der Waals surface area contributed by atoms with Crippen molar-refractivity contribution in [3.63, 3.8) is 0 Å². The predicted octanol–water partition coefficient (Wildman–Crippen LogP) is 2.08. The molecule has 6 nitrogen and oxygen atoms in total. The first-order valence-corrected chi connectivity index (χ1v) is 6.10. The van der Waals surface area contributed by atoms with Crippen LogP contribution in [0.3, 0.4) is 0 Å². The van der Waals surface area contributed by atoms with Crippen molar-refractivity contribution in [1.82, 2.24) is 4.98 Å². The molecule has 0 radical (unpaired) electrons. The largest absolute Gasteiger partial charge is 0.478 e. The molecule has 1 fully saturated rings. The number of benzene rings is 1. The Labute approximate surface area is 108 Å². The van der Waals surface area contributed by atoms with Crippen molar-refractivity contribution in [2.24, 2.45) is 0 Å². The van der Waals surface area contributed by atoms with Gasteiger partial charge < -0.3 is 19.0 Å². The maximum atomic E-state index is 10.9. The van der Waals surface area contributed by atoms with E-state index in [1.807, 2.05) is 0 Å². The molecule has 0 aliphatic carbocycles. The summed E-state index contributed by atoms with van der Waals surface area (Å²) in [5.74, 6) is -0.995. The normalized spacial score (nSPS) is 16.6. The van der Waals surface area contributed by atoms with Gasteiger partial charge in [-0.25, -0.2) is 4.79 Å². The Hall–Kier alpha value is -2.08. The Morgan fingerprint density at radius 2 is 2.16 bits per heavy atom. The number of carbonyl (C=O) groups is 1. The summed E-state index contributed by atoms with van der Waals surface area (Å²) in [7, 11) is 0. The van der Waals surface area contributed by atoms with Crippen LogP contribution in [0, 0.1) is 0 Å². The lowest BCUT2D eigenvalue weighted by molar-refractivity contribution is 0.0141. The summed E-state index contributed by atoms with van der Waals surface area (Å²) >= 11 is 0. The first-order chi connectivity index (χ1) is 9.22. The Morgan fingerprint density at radius 3 is 2.89 bits per heavy atom. The van der Waals surface area contributed by atoms with Gasteiger partial charge in [0.1, 0.15) is 11.6 Å². The highest BCUT2D eigenvalue weighted by Gasteiger charge is 2.18. The SMILES string of the molecule is O=C(O)c1ccc2nc(OC3CCOCC3)oc2c1. The third-order valence-electron chi connectivity index (χ3n) is 3.05. The Morgan fingerprint density at radius 1 is 1.37 bits per heavy atom. The van der Waals surface area contributed by atoms with E-state index in [0.29, 0.717) is 24.3 Å². The molecule has 0 bridgehead atoms. The first kappa shape index (κ1) is 12.0. The minimum atomic E-state index is -0.995. The van der Waals surface area contributed by atoms with Crippen LogP contribution < -0.4 is 4.74 Å². The molecular formula is C13H13NO5. The van der Waals surface area contributed by atoms with Crippen LogP contribution in [0.15, 0.2) is 22.6 Å². The van der Waals surface area contributed by atoms with Crippen molar-refractivity contribution >= 4 is 17.1 Å². The summed E-state index contributed by atoms with van der Waals surface area (Å²) in [6.45, 7) is 1.35. The number of carboxylic acids is 1. The molecule has 0 saturated carbocycles. The molecule has 1 aromatic carbocycles. The van der Waals surface area contributed by atoms with Gasteiger partial charge in [0.25, 0.3) is 0 Å². The molecule has 0 atom stereocenters. The van der Waals surface area contributed by atoms with Crippen LogP contribution in [0.2, 0.25) is 0 Å². The third kappa shape index (κ3) is 2.53. The van der Waals surface area contributed by atoms with E-state index in [4.69, 9.17) is 19.0 Å². The average Bonchev–Trinajstić information content (AvgIpc) is 2.80. The van der Waals surface area contributed by atoms with E-state index in [1.165, 1.54) is 12.1 Å². The van der Waals surface area contributed by atoms with Crippen LogP contribution in [0.5, 0.6) is 6.08 Å². The number of rotatable bonds is 3. The van der Waals surface area contributed by atoms with Gasteiger partial charge in [-0.2, -0.15) is 4.98 Å². The number of ether oxygens (including phenoxy) is 2. The zero-order valence-corrected chi connectivity index (χ0v) is 10.2. The summed E-state index contributed by atoms with van der Waals surface area (Å²) in [6, 6.07) is 4.55. The van der Waals surface area contributed by atoms with E-state index in [1.54, 1.807) is 6.07 Å². The van der Waals surface area contributed by atoms with Crippen molar-refractivity contribution < 1.29 is 23.8 Å². The topological polar surface area (TPSA) is 81.8 Å². The lowest BCUT2D eigenvalue weighted by Gasteiger charge is -2.20. The third-order valence-corrected chi connectivity index (χ3v) is 3.05. The Kier molecular flexibility index (Phi) is 3.08. The highest BCUT2D eigenvalue weighted by Crippen LogP contribution is 2.24. The van der Waals surface area contributed by atoms with Crippen molar-refractivity contribution in [1.29, 1.82) is 0 Å². The van der Waals surface area contributed by atoms with Gasteiger partial charge in [-0.1, -0.05) is 0 Å². The van der Waals surface area contributed by atoms with Crippen LogP contribution in [0.25, 0.3) is 11.1 Å². The maximum Gasteiger partial charge on any atom is 0.394 e. The van der Waals surface area contributed by atoms with Crippen molar-refractivity contribution in [2.45, 2.75) is 18.9 Å². The molecule has 1 N–H and O–H groups in total. The molecular weight excluding hydrogens is 250 g/mol. The van der Waals surface area contributed by atoms with Crippen LogP contribution in [-0.4, -0.2) is 35.4 Å². The molecule has 0 spiro atoms. The van der Waals surface area contributed by atoms with Gasteiger partial charge in [0.15, 0.2) is 5.58 Å². The molecule has 0 amide bonds. The standard InChI is InChI=1S/C13H13NO5/c15-12(16)8-1-2-10-11(7-8)19-13(14-10)18-9-3-5-17-6-4-9/h1-2,7,9H,3-6H2,(H,15,16). The van der Waals surface area contributed by atoms with Crippen LogP contribution in [0.4, 0.5) is 0 Å². The van der Waals surface area contributed by atoms with E-state index in [0.717, 1.165) is 12.8 Å². The van der Waals surface area contributed by atoms with Gasteiger partial charge in [0, 0.05) is 12.8 Å². The van der Waals surface area contributed by atoms with Crippen molar-refractivity contribution in [3.8, 4) is 6.08 Å². The molecule has 3 rings (SSSR count). The maximum absolute atomic E-state index is 10.9. The average molecular weight is 263 g/mol. The van der Waals surface area contributed by atoms with Gasteiger partial charge in [0.05, 0.1) is 18.8 Å². The van der Waals surface area contributed by atoms with E-state index in [9.17, 15) is 4.79 Å². The fourth-order valence-electron chi connectivity index (χ4n) is 2.02. The quantitative estimate of drug-likeness (QED) is 0.913. The van der Waals surface area contributed by atoms with Crippen molar-refractivity contribution in [2.75, 3.05) is 13.2 Å². The molecule has 0 unspecified atom stereocenters. The monoisotopic (exact) mass is 263 g/mol. The van der Waals surface area contributed by atoms with Crippen LogP contribution >= 0.6 is 0 Å². The highest BCUT2D eigenvalue weighted by molar-refractivity contribution is 5.91. The number of hydrogen-bond acceptors (Lipinski definition) is 5. The lowest BCUT2D eigenvalue weighted by atomic mass is 10.2.